The number of rotatable bonds is 5. The van der Waals surface area contributed by atoms with Gasteiger partial charge in [0.25, 0.3) is 11.1 Å². The maximum Gasteiger partial charge on any atom is 0.277 e. The van der Waals surface area contributed by atoms with Crippen LogP contribution in [0.5, 0.6) is 0 Å². The number of hydrogen-bond donors (Lipinski definition) is 2. The summed E-state index contributed by atoms with van der Waals surface area (Å²) in [6.45, 7) is 6.39. The van der Waals surface area contributed by atoms with Crippen molar-refractivity contribution in [1.29, 1.82) is 0 Å². The van der Waals surface area contributed by atoms with Crippen molar-refractivity contribution < 1.29 is 9.21 Å². The highest BCUT2D eigenvalue weighted by molar-refractivity contribution is 8.00. The van der Waals surface area contributed by atoms with Crippen molar-refractivity contribution in [2.75, 3.05) is 0 Å². The predicted octanol–water partition coefficient (Wildman–Crippen LogP) is 4.64. The van der Waals surface area contributed by atoms with Crippen molar-refractivity contribution >= 4 is 28.6 Å². The summed E-state index contributed by atoms with van der Waals surface area (Å²) in [4.78, 5) is 15.9. The third kappa shape index (κ3) is 3.81. The molecule has 1 amide bonds. The normalized spacial score (nSPS) is 23.6. The molecular weight excluding hydrogens is 372 g/mol. The molecule has 0 spiro atoms. The molecule has 6 nitrogen and oxygen atoms in total. The molecule has 0 saturated heterocycles. The summed E-state index contributed by atoms with van der Waals surface area (Å²) in [7, 11) is 0. The van der Waals surface area contributed by atoms with Crippen LogP contribution in [0.1, 0.15) is 40.0 Å². The fraction of sp³-hybridized carbons (Fsp3) is 0.476. The summed E-state index contributed by atoms with van der Waals surface area (Å²) in [5.41, 5.74) is 1.89. The van der Waals surface area contributed by atoms with E-state index in [0.29, 0.717) is 22.9 Å². The Morgan fingerprint density at radius 1 is 1.29 bits per heavy atom. The van der Waals surface area contributed by atoms with E-state index in [1.807, 2.05) is 37.4 Å². The Balaban J connectivity index is 1.41. The van der Waals surface area contributed by atoms with Crippen LogP contribution in [0.4, 0.5) is 0 Å². The zero-order valence-electron chi connectivity index (χ0n) is 16.4. The van der Waals surface area contributed by atoms with Crippen molar-refractivity contribution in [2.24, 2.45) is 11.8 Å². The Labute approximate surface area is 168 Å². The number of benzene rings is 1. The number of carbonyl (C=O) groups is 1. The lowest BCUT2D eigenvalue weighted by molar-refractivity contribution is -0.121. The molecule has 3 aromatic rings. The molecule has 0 bridgehead atoms. The molecule has 1 aliphatic carbocycles. The number of carbonyl (C=O) groups excluding carboxylic acids is 1. The first-order valence-corrected chi connectivity index (χ1v) is 10.8. The van der Waals surface area contributed by atoms with Crippen LogP contribution < -0.4 is 5.32 Å². The van der Waals surface area contributed by atoms with Gasteiger partial charge in [-0.2, -0.15) is 0 Å². The Bertz CT molecular complexity index is 966. The van der Waals surface area contributed by atoms with Gasteiger partial charge in [-0.25, -0.2) is 0 Å². The average molecular weight is 399 g/mol. The van der Waals surface area contributed by atoms with E-state index in [-0.39, 0.29) is 17.2 Å². The molecule has 4 rings (SSSR count). The number of aromatic nitrogens is 3. The SMILES string of the molecule is CC(Sc1nnc(-c2c[nH]c3ccccc23)o1)C(=O)NC1CCCC(C)C1C. The Kier molecular flexibility index (Phi) is 5.44. The standard InChI is InChI=1S/C21H26N4O2S/c1-12-7-6-10-17(13(12)2)23-19(26)14(3)28-21-25-24-20(27-21)16-11-22-18-9-5-4-8-15(16)18/h4-5,8-9,11-14,17,22H,6-7,10H2,1-3H3,(H,23,26). The van der Waals surface area contributed by atoms with Crippen LogP contribution in [0.2, 0.25) is 0 Å². The Morgan fingerprint density at radius 3 is 2.96 bits per heavy atom. The zero-order chi connectivity index (χ0) is 19.7. The average Bonchev–Trinajstić information content (AvgIpc) is 3.32. The first-order valence-electron chi connectivity index (χ1n) is 9.90. The number of amides is 1. The van der Waals surface area contributed by atoms with Gasteiger partial charge < -0.3 is 14.7 Å². The number of thioether (sulfide) groups is 1. The van der Waals surface area contributed by atoms with Gasteiger partial charge in [-0.3, -0.25) is 4.79 Å². The molecule has 7 heteroatoms. The highest BCUT2D eigenvalue weighted by Gasteiger charge is 2.30. The van der Waals surface area contributed by atoms with Crippen molar-refractivity contribution in [3.8, 4) is 11.5 Å². The third-order valence-corrected chi connectivity index (χ3v) is 6.84. The molecular formula is C21H26N4O2S. The number of hydrogen-bond acceptors (Lipinski definition) is 5. The minimum atomic E-state index is -0.291. The second-order valence-electron chi connectivity index (χ2n) is 7.76. The zero-order valence-corrected chi connectivity index (χ0v) is 17.3. The molecule has 0 radical (unpaired) electrons. The van der Waals surface area contributed by atoms with Gasteiger partial charge in [0.15, 0.2) is 0 Å². The number of fused-ring (bicyclic) bond motifs is 1. The van der Waals surface area contributed by atoms with Gasteiger partial charge in [0.2, 0.25) is 5.91 Å². The monoisotopic (exact) mass is 398 g/mol. The van der Waals surface area contributed by atoms with Crippen molar-refractivity contribution in [2.45, 2.75) is 56.5 Å². The molecule has 28 heavy (non-hydrogen) atoms. The quantitative estimate of drug-likeness (QED) is 0.612. The number of para-hydroxylation sites is 1. The van der Waals surface area contributed by atoms with E-state index in [2.05, 4.69) is 34.3 Å². The van der Waals surface area contributed by atoms with Crippen molar-refractivity contribution in [3.63, 3.8) is 0 Å². The van der Waals surface area contributed by atoms with Gasteiger partial charge in [-0.05, 0) is 31.2 Å². The summed E-state index contributed by atoms with van der Waals surface area (Å²) in [5.74, 6) is 1.65. The van der Waals surface area contributed by atoms with E-state index in [0.717, 1.165) is 22.9 Å². The van der Waals surface area contributed by atoms with E-state index < -0.39 is 0 Å². The van der Waals surface area contributed by atoms with Gasteiger partial charge in [0.05, 0.1) is 10.8 Å². The van der Waals surface area contributed by atoms with Gasteiger partial charge in [0.1, 0.15) is 0 Å². The molecule has 1 fully saturated rings. The first-order chi connectivity index (χ1) is 13.5. The van der Waals surface area contributed by atoms with E-state index in [4.69, 9.17) is 4.42 Å². The Morgan fingerprint density at radius 2 is 2.11 bits per heavy atom. The van der Waals surface area contributed by atoms with Gasteiger partial charge >= 0.3 is 0 Å². The number of aromatic amines is 1. The van der Waals surface area contributed by atoms with E-state index in [9.17, 15) is 4.79 Å². The molecule has 4 unspecified atom stereocenters. The topological polar surface area (TPSA) is 83.8 Å². The molecule has 1 aromatic carbocycles. The number of nitrogens with one attached hydrogen (secondary N) is 2. The minimum Gasteiger partial charge on any atom is -0.411 e. The first kappa shape index (κ1) is 19.1. The summed E-state index contributed by atoms with van der Waals surface area (Å²) in [5, 5.41) is 12.7. The fourth-order valence-electron chi connectivity index (χ4n) is 3.91. The van der Waals surface area contributed by atoms with Crippen LogP contribution in [-0.4, -0.2) is 32.4 Å². The van der Waals surface area contributed by atoms with Crippen LogP contribution in [0.15, 0.2) is 40.1 Å². The van der Waals surface area contributed by atoms with Crippen molar-refractivity contribution in [3.05, 3.63) is 30.5 Å². The maximum atomic E-state index is 12.7. The summed E-state index contributed by atoms with van der Waals surface area (Å²) < 4.78 is 5.83. The Hall–Kier alpha value is -2.28. The van der Waals surface area contributed by atoms with Crippen LogP contribution >= 0.6 is 11.8 Å². The molecule has 0 aliphatic heterocycles. The lowest BCUT2D eigenvalue weighted by Crippen LogP contribution is -2.46. The molecule has 1 saturated carbocycles. The maximum absolute atomic E-state index is 12.7. The lowest BCUT2D eigenvalue weighted by atomic mass is 9.78. The highest BCUT2D eigenvalue weighted by atomic mass is 32.2. The van der Waals surface area contributed by atoms with Crippen LogP contribution in [0.25, 0.3) is 22.4 Å². The van der Waals surface area contributed by atoms with E-state index in [1.165, 1.54) is 24.6 Å². The van der Waals surface area contributed by atoms with Crippen molar-refractivity contribution in [1.82, 2.24) is 20.5 Å². The molecule has 4 atom stereocenters. The smallest absolute Gasteiger partial charge is 0.277 e. The fourth-order valence-corrected chi connectivity index (χ4v) is 4.60. The molecule has 1 aliphatic rings. The van der Waals surface area contributed by atoms with Crippen LogP contribution in [0.3, 0.4) is 0 Å². The molecule has 148 valence electrons. The summed E-state index contributed by atoms with van der Waals surface area (Å²) >= 11 is 1.30. The van der Waals surface area contributed by atoms with Gasteiger partial charge in [-0.15, -0.1) is 10.2 Å². The minimum absolute atomic E-state index is 0.0304. The van der Waals surface area contributed by atoms with E-state index in [1.54, 1.807) is 0 Å². The largest absolute Gasteiger partial charge is 0.411 e. The second-order valence-corrected chi connectivity index (χ2v) is 9.06. The molecule has 2 heterocycles. The van der Waals surface area contributed by atoms with E-state index >= 15 is 0 Å². The molecule has 2 N–H and O–H groups in total. The van der Waals surface area contributed by atoms with Gasteiger partial charge in [0, 0.05) is 23.1 Å². The predicted molar refractivity (Wildman–Crippen MR) is 111 cm³/mol. The third-order valence-electron chi connectivity index (χ3n) is 5.91. The van der Waals surface area contributed by atoms with Crippen LogP contribution in [0, 0.1) is 11.8 Å². The summed E-state index contributed by atoms with van der Waals surface area (Å²) in [6, 6.07) is 8.23. The molecule has 2 aromatic heterocycles. The lowest BCUT2D eigenvalue weighted by Gasteiger charge is -2.35. The second kappa shape index (κ2) is 7.99. The highest BCUT2D eigenvalue weighted by Crippen LogP contribution is 2.32. The summed E-state index contributed by atoms with van der Waals surface area (Å²) in [6.07, 6.45) is 5.35. The number of H-pyrrole nitrogens is 1. The van der Waals surface area contributed by atoms with Gasteiger partial charge in [-0.1, -0.05) is 56.7 Å². The van der Waals surface area contributed by atoms with Crippen LogP contribution in [-0.2, 0) is 4.79 Å². The number of nitrogens with zero attached hydrogens (tertiary/aromatic N) is 2.